The molecule has 0 aliphatic carbocycles. The van der Waals surface area contributed by atoms with Crippen molar-refractivity contribution in [1.82, 2.24) is 10.2 Å². The molecule has 2 atom stereocenters. The molecule has 2 unspecified atom stereocenters. The third-order valence-electron chi connectivity index (χ3n) is 3.76. The van der Waals surface area contributed by atoms with E-state index in [1.54, 1.807) is 0 Å². The first kappa shape index (κ1) is 10.4. The molecule has 2 saturated heterocycles. The van der Waals surface area contributed by atoms with Crippen LogP contribution in [0.25, 0.3) is 0 Å². The SMILES string of the molecule is CCN(C1CNC1)C(C)C1CCOC1. The van der Waals surface area contributed by atoms with E-state index in [4.69, 9.17) is 4.74 Å². The summed E-state index contributed by atoms with van der Waals surface area (Å²) in [5, 5.41) is 3.35. The van der Waals surface area contributed by atoms with Crippen LogP contribution >= 0.6 is 0 Å². The van der Waals surface area contributed by atoms with E-state index in [0.717, 1.165) is 25.2 Å². The lowest BCUT2D eigenvalue weighted by Gasteiger charge is -2.43. The Bertz CT molecular complexity index is 176. The Morgan fingerprint density at radius 3 is 2.71 bits per heavy atom. The Balaban J connectivity index is 1.88. The molecule has 3 heteroatoms. The molecule has 0 aromatic rings. The van der Waals surface area contributed by atoms with Gasteiger partial charge in [-0.2, -0.15) is 0 Å². The largest absolute Gasteiger partial charge is 0.381 e. The van der Waals surface area contributed by atoms with Crippen molar-refractivity contribution < 1.29 is 4.74 Å². The Labute approximate surface area is 86.8 Å². The van der Waals surface area contributed by atoms with Gasteiger partial charge in [0.05, 0.1) is 6.61 Å². The van der Waals surface area contributed by atoms with Gasteiger partial charge in [-0.15, -0.1) is 0 Å². The second-order valence-corrected chi connectivity index (χ2v) is 4.51. The van der Waals surface area contributed by atoms with Crippen molar-refractivity contribution >= 4 is 0 Å². The third kappa shape index (κ3) is 1.95. The monoisotopic (exact) mass is 198 g/mol. The summed E-state index contributed by atoms with van der Waals surface area (Å²) >= 11 is 0. The summed E-state index contributed by atoms with van der Waals surface area (Å²) in [5.41, 5.74) is 0. The molecule has 2 heterocycles. The number of nitrogens with one attached hydrogen (secondary N) is 1. The van der Waals surface area contributed by atoms with Crippen LogP contribution in [0.4, 0.5) is 0 Å². The van der Waals surface area contributed by atoms with Crippen molar-refractivity contribution in [2.24, 2.45) is 5.92 Å². The van der Waals surface area contributed by atoms with Crippen molar-refractivity contribution in [2.75, 3.05) is 32.8 Å². The molecule has 3 nitrogen and oxygen atoms in total. The van der Waals surface area contributed by atoms with Gasteiger partial charge in [-0.3, -0.25) is 4.90 Å². The summed E-state index contributed by atoms with van der Waals surface area (Å²) in [7, 11) is 0. The van der Waals surface area contributed by atoms with Gasteiger partial charge >= 0.3 is 0 Å². The smallest absolute Gasteiger partial charge is 0.0509 e. The fraction of sp³-hybridized carbons (Fsp3) is 1.00. The lowest BCUT2D eigenvalue weighted by atomic mass is 9.96. The lowest BCUT2D eigenvalue weighted by Crippen LogP contribution is -2.60. The molecule has 2 aliphatic heterocycles. The summed E-state index contributed by atoms with van der Waals surface area (Å²) in [6.07, 6.45) is 1.25. The van der Waals surface area contributed by atoms with Gasteiger partial charge in [0.15, 0.2) is 0 Å². The maximum absolute atomic E-state index is 5.46. The van der Waals surface area contributed by atoms with E-state index in [2.05, 4.69) is 24.1 Å². The van der Waals surface area contributed by atoms with Crippen molar-refractivity contribution in [3.05, 3.63) is 0 Å². The molecular weight excluding hydrogens is 176 g/mol. The summed E-state index contributed by atoms with van der Waals surface area (Å²) in [6.45, 7) is 10.1. The Hall–Kier alpha value is -0.120. The number of ether oxygens (including phenoxy) is 1. The van der Waals surface area contributed by atoms with Gasteiger partial charge in [-0.05, 0) is 25.8 Å². The maximum Gasteiger partial charge on any atom is 0.0509 e. The third-order valence-corrected chi connectivity index (χ3v) is 3.76. The van der Waals surface area contributed by atoms with Crippen molar-refractivity contribution in [2.45, 2.75) is 32.4 Å². The van der Waals surface area contributed by atoms with E-state index in [-0.39, 0.29) is 0 Å². The molecular formula is C11H22N2O. The molecule has 14 heavy (non-hydrogen) atoms. The van der Waals surface area contributed by atoms with E-state index in [9.17, 15) is 0 Å². The van der Waals surface area contributed by atoms with Gasteiger partial charge in [0.1, 0.15) is 0 Å². The molecule has 1 N–H and O–H groups in total. The molecule has 0 radical (unpaired) electrons. The molecule has 2 rings (SSSR count). The van der Waals surface area contributed by atoms with Gasteiger partial charge in [-0.1, -0.05) is 6.92 Å². The number of hydrogen-bond donors (Lipinski definition) is 1. The lowest BCUT2D eigenvalue weighted by molar-refractivity contribution is 0.0699. The van der Waals surface area contributed by atoms with Gasteiger partial charge in [0.25, 0.3) is 0 Å². The van der Waals surface area contributed by atoms with Gasteiger partial charge in [0.2, 0.25) is 0 Å². The van der Waals surface area contributed by atoms with Gasteiger partial charge in [0, 0.05) is 31.8 Å². The highest BCUT2D eigenvalue weighted by atomic mass is 16.5. The van der Waals surface area contributed by atoms with E-state index >= 15 is 0 Å². The first-order valence-electron chi connectivity index (χ1n) is 5.87. The first-order chi connectivity index (χ1) is 6.83. The predicted octanol–water partition coefficient (Wildman–Crippen LogP) is 0.705. The Morgan fingerprint density at radius 2 is 2.29 bits per heavy atom. The zero-order chi connectivity index (χ0) is 9.97. The van der Waals surface area contributed by atoms with Gasteiger partial charge in [-0.25, -0.2) is 0 Å². The van der Waals surface area contributed by atoms with Crippen LogP contribution in [0.15, 0.2) is 0 Å². The van der Waals surface area contributed by atoms with Crippen LogP contribution in [0.2, 0.25) is 0 Å². The van der Waals surface area contributed by atoms with Crippen LogP contribution in [0.5, 0.6) is 0 Å². The summed E-state index contributed by atoms with van der Waals surface area (Å²) in [6, 6.07) is 1.46. The van der Waals surface area contributed by atoms with Crippen LogP contribution in [-0.4, -0.2) is 49.8 Å². The summed E-state index contributed by atoms with van der Waals surface area (Å²) in [5.74, 6) is 0.760. The van der Waals surface area contributed by atoms with Crippen molar-refractivity contribution in [3.63, 3.8) is 0 Å². The minimum absolute atomic E-state index is 0.689. The summed E-state index contributed by atoms with van der Waals surface area (Å²) < 4.78 is 5.46. The predicted molar refractivity (Wildman–Crippen MR) is 57.4 cm³/mol. The molecule has 0 spiro atoms. The van der Waals surface area contributed by atoms with Crippen LogP contribution in [0.3, 0.4) is 0 Å². The fourth-order valence-corrected chi connectivity index (χ4v) is 2.59. The van der Waals surface area contributed by atoms with E-state index in [1.807, 2.05) is 0 Å². The quantitative estimate of drug-likeness (QED) is 0.720. The van der Waals surface area contributed by atoms with Crippen LogP contribution in [-0.2, 0) is 4.74 Å². The molecule has 2 aliphatic rings. The Kier molecular flexibility index (Phi) is 3.42. The average molecular weight is 198 g/mol. The second-order valence-electron chi connectivity index (χ2n) is 4.51. The standard InChI is InChI=1S/C11H22N2O/c1-3-13(11-6-12-7-11)9(2)10-4-5-14-8-10/h9-12H,3-8H2,1-2H3. The Morgan fingerprint density at radius 1 is 1.50 bits per heavy atom. The molecule has 0 saturated carbocycles. The first-order valence-corrected chi connectivity index (χ1v) is 5.87. The van der Waals surface area contributed by atoms with Crippen molar-refractivity contribution in [1.29, 1.82) is 0 Å². The fourth-order valence-electron chi connectivity index (χ4n) is 2.59. The topological polar surface area (TPSA) is 24.5 Å². The van der Waals surface area contributed by atoms with Crippen LogP contribution in [0.1, 0.15) is 20.3 Å². The molecule has 82 valence electrons. The zero-order valence-electron chi connectivity index (χ0n) is 9.33. The molecule has 2 fully saturated rings. The second kappa shape index (κ2) is 4.60. The average Bonchev–Trinajstić information content (AvgIpc) is 2.62. The van der Waals surface area contributed by atoms with E-state index < -0.39 is 0 Å². The van der Waals surface area contributed by atoms with Gasteiger partial charge < -0.3 is 10.1 Å². The summed E-state index contributed by atoms with van der Waals surface area (Å²) in [4.78, 5) is 2.63. The molecule has 0 aromatic carbocycles. The van der Waals surface area contributed by atoms with Crippen molar-refractivity contribution in [3.8, 4) is 0 Å². The number of likely N-dealkylation sites (N-methyl/N-ethyl adjacent to an activating group) is 1. The highest BCUT2D eigenvalue weighted by Gasteiger charge is 2.32. The molecule has 0 bridgehead atoms. The minimum atomic E-state index is 0.689. The zero-order valence-corrected chi connectivity index (χ0v) is 9.33. The van der Waals surface area contributed by atoms with E-state index in [0.29, 0.717) is 6.04 Å². The maximum atomic E-state index is 5.46. The number of rotatable bonds is 4. The highest BCUT2D eigenvalue weighted by Crippen LogP contribution is 2.23. The van der Waals surface area contributed by atoms with E-state index in [1.165, 1.54) is 26.1 Å². The van der Waals surface area contributed by atoms with Crippen LogP contribution < -0.4 is 5.32 Å². The number of hydrogen-bond acceptors (Lipinski definition) is 3. The highest BCUT2D eigenvalue weighted by molar-refractivity contribution is 4.89. The normalized spacial score (nSPS) is 30.6. The van der Waals surface area contributed by atoms with Crippen LogP contribution in [0, 0.1) is 5.92 Å². The minimum Gasteiger partial charge on any atom is -0.381 e. The number of nitrogens with zero attached hydrogens (tertiary/aromatic N) is 1. The molecule has 0 aromatic heterocycles. The molecule has 0 amide bonds.